The highest BCUT2D eigenvalue weighted by Crippen LogP contribution is 2.28. The van der Waals surface area contributed by atoms with E-state index in [1.807, 2.05) is 0 Å². The Morgan fingerprint density at radius 3 is 2.64 bits per heavy atom. The van der Waals surface area contributed by atoms with Crippen LogP contribution in [-0.4, -0.2) is 44.3 Å². The maximum atomic E-state index is 11.0. The van der Waals surface area contributed by atoms with Crippen molar-refractivity contribution in [2.24, 2.45) is 5.92 Å². The number of hydrogen-bond acceptors (Lipinski definition) is 4. The van der Waals surface area contributed by atoms with Gasteiger partial charge in [-0.2, -0.15) is 0 Å². The van der Waals surface area contributed by atoms with Crippen molar-refractivity contribution in [1.82, 2.24) is 0 Å². The lowest BCUT2D eigenvalue weighted by molar-refractivity contribution is -0.00744. The van der Waals surface area contributed by atoms with Crippen LogP contribution in [0.1, 0.15) is 19.8 Å². The predicted molar refractivity (Wildman–Crippen MR) is 53.9 cm³/mol. The Labute approximate surface area is 85.2 Å². The fraction of sp³-hybridized carbons (Fsp3) is 1.00. The number of hydrogen-bond donors (Lipinski definition) is 1. The van der Waals surface area contributed by atoms with Gasteiger partial charge in [-0.1, -0.05) is 0 Å². The van der Waals surface area contributed by atoms with Crippen molar-refractivity contribution in [3.8, 4) is 0 Å². The number of sulfone groups is 1. The van der Waals surface area contributed by atoms with Gasteiger partial charge in [0.2, 0.25) is 0 Å². The maximum Gasteiger partial charge on any atom is 0.147 e. The lowest BCUT2D eigenvalue weighted by Gasteiger charge is -2.28. The van der Waals surface area contributed by atoms with E-state index in [1.54, 1.807) is 6.92 Å². The molecule has 1 N–H and O–H groups in total. The van der Waals surface area contributed by atoms with Gasteiger partial charge in [0.25, 0.3) is 0 Å². The molecule has 1 fully saturated rings. The van der Waals surface area contributed by atoms with Crippen LogP contribution < -0.4 is 0 Å². The molecule has 84 valence electrons. The van der Waals surface area contributed by atoms with Crippen LogP contribution in [0.4, 0.5) is 0 Å². The first-order valence-electron chi connectivity index (χ1n) is 4.79. The lowest BCUT2D eigenvalue weighted by Crippen LogP contribution is -2.36. The second-order valence-corrected chi connectivity index (χ2v) is 6.56. The molecule has 0 aromatic heterocycles. The monoisotopic (exact) mass is 222 g/mol. The van der Waals surface area contributed by atoms with E-state index in [0.29, 0.717) is 19.6 Å². The maximum absolute atomic E-state index is 11.0. The third-order valence-electron chi connectivity index (χ3n) is 2.79. The van der Waals surface area contributed by atoms with E-state index in [4.69, 9.17) is 4.74 Å². The molecular formula is C9H18O4S. The van der Waals surface area contributed by atoms with Gasteiger partial charge in [0.05, 0.1) is 18.0 Å². The lowest BCUT2D eigenvalue weighted by atomic mass is 9.86. The fourth-order valence-corrected chi connectivity index (χ4v) is 2.41. The van der Waals surface area contributed by atoms with Gasteiger partial charge in [-0.05, 0) is 19.8 Å². The zero-order valence-corrected chi connectivity index (χ0v) is 9.51. The Kier molecular flexibility index (Phi) is 3.55. The molecule has 1 rings (SSSR count). The molecule has 0 amide bonds. The van der Waals surface area contributed by atoms with Crippen LogP contribution in [-0.2, 0) is 14.6 Å². The quantitative estimate of drug-likeness (QED) is 0.738. The summed E-state index contributed by atoms with van der Waals surface area (Å²) in [4.78, 5) is 0. The third-order valence-corrected chi connectivity index (χ3v) is 3.73. The molecule has 1 saturated heterocycles. The van der Waals surface area contributed by atoms with Crippen LogP contribution in [0.25, 0.3) is 0 Å². The number of aliphatic hydroxyl groups is 1. The molecule has 2 atom stereocenters. The molecule has 1 heterocycles. The van der Waals surface area contributed by atoms with E-state index in [2.05, 4.69) is 0 Å². The molecule has 0 spiro atoms. The molecule has 0 aromatic carbocycles. The number of rotatable bonds is 4. The van der Waals surface area contributed by atoms with Crippen LogP contribution >= 0.6 is 0 Å². The zero-order valence-electron chi connectivity index (χ0n) is 8.69. The SMILES string of the molecule is CC(O)(CCS(C)(=O)=O)C1CCOC1. The van der Waals surface area contributed by atoms with Crippen LogP contribution in [0.3, 0.4) is 0 Å². The van der Waals surface area contributed by atoms with Crippen molar-refractivity contribution in [2.75, 3.05) is 25.2 Å². The van der Waals surface area contributed by atoms with Gasteiger partial charge in [0.1, 0.15) is 9.84 Å². The third kappa shape index (κ3) is 3.55. The van der Waals surface area contributed by atoms with Gasteiger partial charge >= 0.3 is 0 Å². The van der Waals surface area contributed by atoms with E-state index in [9.17, 15) is 13.5 Å². The van der Waals surface area contributed by atoms with Gasteiger partial charge in [0, 0.05) is 18.8 Å². The van der Waals surface area contributed by atoms with Gasteiger partial charge in [-0.25, -0.2) is 8.42 Å². The first-order valence-corrected chi connectivity index (χ1v) is 6.85. The molecule has 2 unspecified atom stereocenters. The van der Waals surface area contributed by atoms with Crippen molar-refractivity contribution >= 4 is 9.84 Å². The van der Waals surface area contributed by atoms with Crippen LogP contribution in [0, 0.1) is 5.92 Å². The summed E-state index contributed by atoms with van der Waals surface area (Å²) in [6.45, 7) is 2.90. The van der Waals surface area contributed by atoms with Crippen molar-refractivity contribution < 1.29 is 18.3 Å². The molecule has 4 nitrogen and oxygen atoms in total. The Morgan fingerprint density at radius 2 is 2.21 bits per heavy atom. The summed E-state index contributed by atoms with van der Waals surface area (Å²) in [5, 5.41) is 10.0. The largest absolute Gasteiger partial charge is 0.390 e. The van der Waals surface area contributed by atoms with Crippen molar-refractivity contribution in [2.45, 2.75) is 25.4 Å². The molecular weight excluding hydrogens is 204 g/mol. The highest BCUT2D eigenvalue weighted by atomic mass is 32.2. The highest BCUT2D eigenvalue weighted by molar-refractivity contribution is 7.90. The Morgan fingerprint density at radius 1 is 1.57 bits per heavy atom. The van der Waals surface area contributed by atoms with Crippen LogP contribution in [0.2, 0.25) is 0 Å². The molecule has 0 saturated carbocycles. The molecule has 0 bridgehead atoms. The standard InChI is InChI=1S/C9H18O4S/c1-9(10,4-6-14(2,11)12)8-3-5-13-7-8/h8,10H,3-7H2,1-2H3. The van der Waals surface area contributed by atoms with Crippen molar-refractivity contribution in [3.05, 3.63) is 0 Å². The zero-order chi connectivity index (χ0) is 10.8. The normalized spacial score (nSPS) is 27.5. The van der Waals surface area contributed by atoms with Gasteiger partial charge < -0.3 is 9.84 Å². The minimum Gasteiger partial charge on any atom is -0.390 e. The first kappa shape index (κ1) is 11.9. The van der Waals surface area contributed by atoms with Gasteiger partial charge in [0.15, 0.2) is 0 Å². The number of ether oxygens (including phenoxy) is 1. The Balaban J connectivity index is 2.48. The molecule has 1 aliphatic heterocycles. The van der Waals surface area contributed by atoms with Crippen molar-refractivity contribution in [3.63, 3.8) is 0 Å². The predicted octanol–water partition coefficient (Wildman–Crippen LogP) is 0.209. The molecule has 1 aliphatic rings. The molecule has 5 heteroatoms. The van der Waals surface area contributed by atoms with E-state index < -0.39 is 15.4 Å². The molecule has 0 aliphatic carbocycles. The second-order valence-electron chi connectivity index (χ2n) is 4.30. The summed E-state index contributed by atoms with van der Waals surface area (Å²) in [5.41, 5.74) is -0.917. The average Bonchev–Trinajstić information content (AvgIpc) is 2.52. The topological polar surface area (TPSA) is 63.6 Å². The minimum absolute atomic E-state index is 0.0382. The van der Waals surface area contributed by atoms with Gasteiger partial charge in [-0.15, -0.1) is 0 Å². The summed E-state index contributed by atoms with van der Waals surface area (Å²) in [5.74, 6) is 0.112. The Bertz CT molecular complexity index is 275. The smallest absolute Gasteiger partial charge is 0.147 e. The van der Waals surface area contributed by atoms with E-state index in [1.165, 1.54) is 6.26 Å². The first-order chi connectivity index (χ1) is 6.31. The van der Waals surface area contributed by atoms with Crippen LogP contribution in [0.5, 0.6) is 0 Å². The van der Waals surface area contributed by atoms with E-state index >= 15 is 0 Å². The molecule has 0 aromatic rings. The van der Waals surface area contributed by atoms with E-state index in [0.717, 1.165) is 6.42 Å². The Hall–Kier alpha value is -0.130. The summed E-state index contributed by atoms with van der Waals surface area (Å²) in [6.07, 6.45) is 2.30. The summed E-state index contributed by atoms with van der Waals surface area (Å²) >= 11 is 0. The fourth-order valence-electron chi connectivity index (χ4n) is 1.62. The second kappa shape index (κ2) is 4.16. The summed E-state index contributed by atoms with van der Waals surface area (Å²) < 4.78 is 27.1. The van der Waals surface area contributed by atoms with Crippen LogP contribution in [0.15, 0.2) is 0 Å². The average molecular weight is 222 g/mol. The molecule has 14 heavy (non-hydrogen) atoms. The highest BCUT2D eigenvalue weighted by Gasteiger charge is 2.35. The minimum atomic E-state index is -2.99. The summed E-state index contributed by atoms with van der Waals surface area (Å²) in [7, 11) is -2.99. The van der Waals surface area contributed by atoms with Crippen molar-refractivity contribution in [1.29, 1.82) is 0 Å². The van der Waals surface area contributed by atoms with E-state index in [-0.39, 0.29) is 11.7 Å². The molecule has 0 radical (unpaired) electrons. The summed E-state index contributed by atoms with van der Waals surface area (Å²) in [6, 6.07) is 0. The van der Waals surface area contributed by atoms with Gasteiger partial charge in [-0.3, -0.25) is 0 Å².